The molecule has 0 saturated carbocycles. The maximum Gasteiger partial charge on any atom is 0.250 e. The topological polar surface area (TPSA) is 50.4 Å². The molecule has 1 aromatic heterocycles. The third kappa shape index (κ3) is 6.52. The van der Waals surface area contributed by atoms with E-state index in [2.05, 4.69) is 17.6 Å². The molecule has 2 aromatic rings. The molecule has 0 fully saturated rings. The van der Waals surface area contributed by atoms with E-state index in [1.54, 1.807) is 17.4 Å². The van der Waals surface area contributed by atoms with Crippen LogP contribution in [-0.2, 0) is 4.79 Å². The average molecular weight is 361 g/mol. The molecule has 1 aromatic carbocycles. The third-order valence-corrected chi connectivity index (χ3v) is 4.10. The van der Waals surface area contributed by atoms with Gasteiger partial charge < -0.3 is 10.1 Å². The van der Waals surface area contributed by atoms with Crippen LogP contribution in [0.3, 0.4) is 0 Å². The van der Waals surface area contributed by atoms with Crippen molar-refractivity contribution in [2.45, 2.75) is 19.8 Å². The standard InChI is InChI=1S/C18H20N2O2S2/c1-2-3-12-22-15-8-6-14(7-9-15)19-18(23)20-17(21)11-10-16-5-4-13-24-16/h4-11,13H,2-3,12H2,1H3,(H2,19,20,21,23)/b11-10+. The number of thiophene rings is 1. The maximum absolute atomic E-state index is 11.8. The van der Waals surface area contributed by atoms with Gasteiger partial charge in [-0.1, -0.05) is 19.4 Å². The minimum atomic E-state index is -0.264. The molecule has 1 heterocycles. The van der Waals surface area contributed by atoms with E-state index in [-0.39, 0.29) is 11.0 Å². The van der Waals surface area contributed by atoms with E-state index in [9.17, 15) is 4.79 Å². The van der Waals surface area contributed by atoms with Crippen LogP contribution in [0.1, 0.15) is 24.6 Å². The Bertz CT molecular complexity index is 680. The van der Waals surface area contributed by atoms with Gasteiger partial charge in [-0.05, 0) is 60.4 Å². The van der Waals surface area contributed by atoms with E-state index < -0.39 is 0 Å². The summed E-state index contributed by atoms with van der Waals surface area (Å²) in [6.45, 7) is 2.84. The molecule has 126 valence electrons. The summed E-state index contributed by atoms with van der Waals surface area (Å²) in [5.41, 5.74) is 0.797. The van der Waals surface area contributed by atoms with Gasteiger partial charge in [0, 0.05) is 16.6 Å². The van der Waals surface area contributed by atoms with Gasteiger partial charge in [-0.25, -0.2) is 0 Å². The summed E-state index contributed by atoms with van der Waals surface area (Å²) in [5.74, 6) is 0.559. The van der Waals surface area contributed by atoms with E-state index in [0.717, 1.165) is 29.2 Å². The Hall–Kier alpha value is -2.18. The SMILES string of the molecule is CCCCOc1ccc(NC(=S)NC(=O)/C=C/c2cccs2)cc1. The number of nitrogens with one attached hydrogen (secondary N) is 2. The molecule has 4 nitrogen and oxygen atoms in total. The van der Waals surface area contributed by atoms with Crippen molar-refractivity contribution in [2.75, 3.05) is 11.9 Å². The van der Waals surface area contributed by atoms with Crippen molar-refractivity contribution < 1.29 is 9.53 Å². The quantitative estimate of drug-likeness (QED) is 0.435. The second-order valence-electron chi connectivity index (χ2n) is 5.02. The number of carbonyl (C=O) groups excluding carboxylic acids is 1. The molecule has 0 spiro atoms. The van der Waals surface area contributed by atoms with Crippen LogP contribution in [0.15, 0.2) is 47.9 Å². The summed E-state index contributed by atoms with van der Waals surface area (Å²) in [6, 6.07) is 11.3. The van der Waals surface area contributed by atoms with Crippen molar-refractivity contribution in [3.05, 3.63) is 52.7 Å². The smallest absolute Gasteiger partial charge is 0.250 e. The number of hydrogen-bond donors (Lipinski definition) is 2. The first-order valence-corrected chi connectivity index (χ1v) is 9.02. The third-order valence-electron chi connectivity index (χ3n) is 3.06. The zero-order valence-corrected chi connectivity index (χ0v) is 15.1. The molecule has 0 saturated heterocycles. The van der Waals surface area contributed by atoms with Gasteiger partial charge in [0.05, 0.1) is 6.61 Å². The van der Waals surface area contributed by atoms with Crippen LogP contribution in [-0.4, -0.2) is 17.6 Å². The summed E-state index contributed by atoms with van der Waals surface area (Å²) < 4.78 is 5.60. The van der Waals surface area contributed by atoms with E-state index >= 15 is 0 Å². The largest absolute Gasteiger partial charge is 0.494 e. The molecular weight excluding hydrogens is 340 g/mol. The predicted molar refractivity (Wildman–Crippen MR) is 105 cm³/mol. The van der Waals surface area contributed by atoms with Crippen molar-refractivity contribution in [2.24, 2.45) is 0 Å². The van der Waals surface area contributed by atoms with Gasteiger partial charge in [0.2, 0.25) is 5.91 Å². The zero-order chi connectivity index (χ0) is 17.2. The predicted octanol–water partition coefficient (Wildman–Crippen LogP) is 4.45. The maximum atomic E-state index is 11.8. The van der Waals surface area contributed by atoms with E-state index in [1.807, 2.05) is 41.8 Å². The fourth-order valence-corrected chi connectivity index (χ4v) is 2.67. The number of benzene rings is 1. The van der Waals surface area contributed by atoms with Crippen LogP contribution < -0.4 is 15.4 Å². The number of anilines is 1. The Kier molecular flexibility index (Phi) is 7.45. The van der Waals surface area contributed by atoms with Crippen molar-refractivity contribution in [3.63, 3.8) is 0 Å². The highest BCUT2D eigenvalue weighted by molar-refractivity contribution is 7.80. The molecular formula is C18H20N2O2S2. The van der Waals surface area contributed by atoms with Crippen molar-refractivity contribution in [1.29, 1.82) is 0 Å². The Morgan fingerprint density at radius 1 is 1.29 bits per heavy atom. The summed E-state index contributed by atoms with van der Waals surface area (Å²) in [6.07, 6.45) is 5.36. The highest BCUT2D eigenvalue weighted by Gasteiger charge is 2.02. The minimum absolute atomic E-state index is 0.260. The molecule has 0 aliphatic heterocycles. The van der Waals surface area contributed by atoms with Crippen molar-refractivity contribution in [3.8, 4) is 5.75 Å². The molecule has 1 amide bonds. The average Bonchev–Trinajstić information content (AvgIpc) is 3.08. The lowest BCUT2D eigenvalue weighted by Crippen LogP contribution is -2.32. The van der Waals surface area contributed by atoms with Gasteiger partial charge in [-0.3, -0.25) is 10.1 Å². The lowest BCUT2D eigenvalue weighted by Gasteiger charge is -2.09. The van der Waals surface area contributed by atoms with Gasteiger partial charge in [-0.15, -0.1) is 11.3 Å². The lowest BCUT2D eigenvalue weighted by molar-refractivity contribution is -0.115. The van der Waals surface area contributed by atoms with Gasteiger partial charge in [-0.2, -0.15) is 0 Å². The van der Waals surface area contributed by atoms with Gasteiger partial charge >= 0.3 is 0 Å². The molecule has 0 atom stereocenters. The number of hydrogen-bond acceptors (Lipinski definition) is 4. The van der Waals surface area contributed by atoms with Crippen LogP contribution in [0.2, 0.25) is 0 Å². The van der Waals surface area contributed by atoms with Gasteiger partial charge in [0.1, 0.15) is 5.75 Å². The first-order chi connectivity index (χ1) is 11.7. The van der Waals surface area contributed by atoms with E-state index in [4.69, 9.17) is 17.0 Å². The second-order valence-corrected chi connectivity index (χ2v) is 6.41. The second kappa shape index (κ2) is 9.85. The molecule has 0 bridgehead atoms. The number of rotatable bonds is 7. The Morgan fingerprint density at radius 3 is 2.75 bits per heavy atom. The molecule has 0 unspecified atom stereocenters. The molecule has 24 heavy (non-hydrogen) atoms. The summed E-state index contributed by atoms with van der Waals surface area (Å²) in [5, 5.41) is 7.81. The molecule has 6 heteroatoms. The fourth-order valence-electron chi connectivity index (χ4n) is 1.83. The Morgan fingerprint density at radius 2 is 2.08 bits per heavy atom. The number of ether oxygens (including phenoxy) is 1. The molecule has 2 rings (SSSR count). The van der Waals surface area contributed by atoms with Gasteiger partial charge in [0.25, 0.3) is 0 Å². The van der Waals surface area contributed by atoms with Crippen LogP contribution in [0, 0.1) is 0 Å². The molecule has 0 radical (unpaired) electrons. The van der Waals surface area contributed by atoms with E-state index in [1.165, 1.54) is 6.08 Å². The summed E-state index contributed by atoms with van der Waals surface area (Å²) in [4.78, 5) is 12.8. The number of carbonyl (C=O) groups is 1. The van der Waals surface area contributed by atoms with Crippen molar-refractivity contribution >= 4 is 46.3 Å². The minimum Gasteiger partial charge on any atom is -0.494 e. The first-order valence-electron chi connectivity index (χ1n) is 7.74. The van der Waals surface area contributed by atoms with Crippen LogP contribution >= 0.6 is 23.6 Å². The highest BCUT2D eigenvalue weighted by Crippen LogP contribution is 2.16. The highest BCUT2D eigenvalue weighted by atomic mass is 32.1. The number of thiocarbonyl (C=S) groups is 1. The molecule has 0 aliphatic rings. The Balaban J connectivity index is 1.78. The molecule has 2 N–H and O–H groups in total. The van der Waals surface area contributed by atoms with Crippen LogP contribution in [0.25, 0.3) is 6.08 Å². The van der Waals surface area contributed by atoms with Crippen LogP contribution in [0.4, 0.5) is 5.69 Å². The lowest BCUT2D eigenvalue weighted by atomic mass is 10.3. The normalized spacial score (nSPS) is 10.5. The molecule has 0 aliphatic carbocycles. The monoisotopic (exact) mass is 360 g/mol. The summed E-state index contributed by atoms with van der Waals surface area (Å²) in [7, 11) is 0. The summed E-state index contributed by atoms with van der Waals surface area (Å²) >= 11 is 6.71. The number of amides is 1. The van der Waals surface area contributed by atoms with Crippen LogP contribution in [0.5, 0.6) is 5.75 Å². The number of unbranched alkanes of at least 4 members (excludes halogenated alkanes) is 1. The van der Waals surface area contributed by atoms with E-state index in [0.29, 0.717) is 6.61 Å². The first kappa shape index (κ1) is 18.2. The van der Waals surface area contributed by atoms with Gasteiger partial charge in [0.15, 0.2) is 5.11 Å². The zero-order valence-electron chi connectivity index (χ0n) is 13.5. The fraction of sp³-hybridized carbons (Fsp3) is 0.222. The van der Waals surface area contributed by atoms with Crippen molar-refractivity contribution in [1.82, 2.24) is 5.32 Å². The Labute approximate surface area is 151 Å².